The maximum Gasteiger partial charge on any atom is 0.242 e. The van der Waals surface area contributed by atoms with Gasteiger partial charge >= 0.3 is 0 Å². The van der Waals surface area contributed by atoms with E-state index in [1.54, 1.807) is 50.3 Å². The molecular formula is C26H25ClN2O5S. The maximum absolute atomic E-state index is 12.9. The third-order valence-corrected chi connectivity index (χ3v) is 6.91. The van der Waals surface area contributed by atoms with Crippen molar-refractivity contribution in [1.82, 2.24) is 4.72 Å². The first-order chi connectivity index (χ1) is 16.6. The Morgan fingerprint density at radius 3 is 2.43 bits per heavy atom. The highest BCUT2D eigenvalue weighted by Gasteiger charge is 2.35. The van der Waals surface area contributed by atoms with Gasteiger partial charge in [0.25, 0.3) is 0 Å². The number of halogens is 1. The number of rotatable bonds is 8. The van der Waals surface area contributed by atoms with Gasteiger partial charge in [0.2, 0.25) is 10.0 Å². The van der Waals surface area contributed by atoms with Crippen LogP contribution in [-0.2, 0) is 19.5 Å². The summed E-state index contributed by atoms with van der Waals surface area (Å²) in [7, 11) is -3.79. The van der Waals surface area contributed by atoms with Crippen molar-refractivity contribution in [2.24, 2.45) is 0 Å². The molecule has 1 unspecified atom stereocenters. The molecule has 1 saturated heterocycles. The van der Waals surface area contributed by atoms with Gasteiger partial charge in [-0.25, -0.2) is 8.42 Å². The predicted octanol–water partition coefficient (Wildman–Crippen LogP) is 5.37. The van der Waals surface area contributed by atoms with Gasteiger partial charge in [-0.2, -0.15) is 4.72 Å². The van der Waals surface area contributed by atoms with Gasteiger partial charge in [-0.3, -0.25) is 4.79 Å². The van der Waals surface area contributed by atoms with Crippen LogP contribution in [0.15, 0.2) is 83.8 Å². The molecule has 0 bridgehead atoms. The lowest BCUT2D eigenvalue weighted by atomic mass is 10.1. The second-order valence-electron chi connectivity index (χ2n) is 8.39. The van der Waals surface area contributed by atoms with Crippen molar-refractivity contribution in [3.05, 3.63) is 95.0 Å². The van der Waals surface area contributed by atoms with Gasteiger partial charge in [-0.15, -0.1) is 0 Å². The molecule has 3 aromatic carbocycles. The lowest BCUT2D eigenvalue weighted by molar-refractivity contribution is -0.139. The molecule has 0 saturated carbocycles. The number of anilines is 2. The Labute approximate surface area is 209 Å². The third-order valence-electron chi connectivity index (χ3n) is 5.21. The largest absolute Gasteiger partial charge is 0.355 e. The van der Waals surface area contributed by atoms with Gasteiger partial charge < -0.3 is 14.8 Å². The molecule has 9 heteroatoms. The lowest BCUT2D eigenvalue weighted by Crippen LogP contribution is -2.37. The number of carbonyl (C=O) groups excluding carboxylic acids is 1. The first-order valence-corrected chi connectivity index (χ1v) is 12.8. The van der Waals surface area contributed by atoms with Crippen LogP contribution in [0.4, 0.5) is 11.4 Å². The van der Waals surface area contributed by atoms with Crippen LogP contribution in [0.5, 0.6) is 0 Å². The molecular weight excluding hydrogens is 488 g/mol. The average Bonchev–Trinajstić information content (AvgIpc) is 3.16. The zero-order valence-electron chi connectivity index (χ0n) is 19.2. The summed E-state index contributed by atoms with van der Waals surface area (Å²) in [5.41, 5.74) is 2.55. The number of ketones is 1. The Bertz CT molecular complexity index is 1340. The molecule has 1 fully saturated rings. The Kier molecular flexibility index (Phi) is 7.39. The monoisotopic (exact) mass is 512 g/mol. The normalized spacial score (nSPS) is 17.5. The fourth-order valence-corrected chi connectivity index (χ4v) is 4.78. The van der Waals surface area contributed by atoms with Crippen LogP contribution >= 0.6 is 11.6 Å². The molecule has 2 N–H and O–H groups in total. The highest BCUT2D eigenvalue weighted by molar-refractivity contribution is 7.89. The number of hydrogen-bond acceptors (Lipinski definition) is 6. The van der Waals surface area contributed by atoms with Gasteiger partial charge in [0.1, 0.15) is 6.23 Å². The first-order valence-electron chi connectivity index (χ1n) is 10.9. The molecule has 1 aliphatic heterocycles. The van der Waals surface area contributed by atoms with E-state index in [0.717, 1.165) is 5.69 Å². The van der Waals surface area contributed by atoms with Crippen molar-refractivity contribution in [1.29, 1.82) is 0 Å². The molecule has 3 aromatic rings. The van der Waals surface area contributed by atoms with Crippen LogP contribution in [0.3, 0.4) is 0 Å². The third kappa shape index (κ3) is 6.56. The summed E-state index contributed by atoms with van der Waals surface area (Å²) in [6.07, 6.45) is 2.31. The number of benzene rings is 3. The molecule has 4 rings (SSSR count). The SMILES string of the molecule is CC1(C)OCC(NS(=O)(=O)c2ccc(C=CC(=O)c3ccc(Cl)cc3Nc3ccccc3)cc2)O1. The number of para-hydroxylation sites is 1. The smallest absolute Gasteiger partial charge is 0.242 e. The van der Waals surface area contributed by atoms with Gasteiger partial charge in [-0.1, -0.05) is 48.0 Å². The van der Waals surface area contributed by atoms with E-state index in [0.29, 0.717) is 21.8 Å². The van der Waals surface area contributed by atoms with E-state index in [9.17, 15) is 13.2 Å². The molecule has 0 aromatic heterocycles. The van der Waals surface area contributed by atoms with Crippen molar-refractivity contribution in [3.63, 3.8) is 0 Å². The predicted molar refractivity (Wildman–Crippen MR) is 136 cm³/mol. The Morgan fingerprint density at radius 2 is 1.77 bits per heavy atom. The summed E-state index contributed by atoms with van der Waals surface area (Å²) >= 11 is 6.14. The van der Waals surface area contributed by atoms with Crippen molar-refractivity contribution in [2.75, 3.05) is 11.9 Å². The summed E-state index contributed by atoms with van der Waals surface area (Å²) in [5.74, 6) is -1.06. The van der Waals surface area contributed by atoms with E-state index in [-0.39, 0.29) is 17.3 Å². The summed E-state index contributed by atoms with van der Waals surface area (Å²) in [6, 6.07) is 20.7. The van der Waals surface area contributed by atoms with Crippen molar-refractivity contribution < 1.29 is 22.7 Å². The number of carbonyl (C=O) groups is 1. The van der Waals surface area contributed by atoms with Crippen LogP contribution in [0.2, 0.25) is 5.02 Å². The molecule has 0 spiro atoms. The number of ether oxygens (including phenoxy) is 2. The van der Waals surface area contributed by atoms with Crippen molar-refractivity contribution in [3.8, 4) is 0 Å². The molecule has 7 nitrogen and oxygen atoms in total. The van der Waals surface area contributed by atoms with E-state index in [2.05, 4.69) is 10.0 Å². The minimum atomic E-state index is -3.79. The van der Waals surface area contributed by atoms with E-state index >= 15 is 0 Å². The van der Waals surface area contributed by atoms with E-state index in [1.807, 2.05) is 30.3 Å². The molecule has 0 radical (unpaired) electrons. The molecule has 0 aliphatic carbocycles. The summed E-state index contributed by atoms with van der Waals surface area (Å²) in [4.78, 5) is 13.0. The van der Waals surface area contributed by atoms with Gasteiger partial charge in [0.15, 0.2) is 11.6 Å². The Balaban J connectivity index is 1.45. The summed E-state index contributed by atoms with van der Waals surface area (Å²) in [5, 5.41) is 3.73. The standard InChI is InChI=1S/C26H25ClN2O5S/c1-26(2)33-17-25(34-26)29-35(31,32)21-12-8-18(9-13-21)10-15-24(30)22-14-11-19(27)16-23(22)28-20-6-4-3-5-7-20/h3-16,25,28-29H,17H2,1-2H3. The van der Waals surface area contributed by atoms with Crippen LogP contribution < -0.4 is 10.0 Å². The van der Waals surface area contributed by atoms with Gasteiger partial charge in [0.05, 0.1) is 17.2 Å². The number of hydrogen-bond donors (Lipinski definition) is 2. The van der Waals surface area contributed by atoms with Crippen LogP contribution in [-0.4, -0.2) is 32.8 Å². The fourth-order valence-electron chi connectivity index (χ4n) is 3.52. The molecule has 1 heterocycles. The van der Waals surface area contributed by atoms with Crippen molar-refractivity contribution >= 4 is 44.9 Å². The van der Waals surface area contributed by atoms with Crippen molar-refractivity contribution in [2.45, 2.75) is 30.8 Å². The maximum atomic E-state index is 12.9. The highest BCUT2D eigenvalue weighted by atomic mass is 35.5. The van der Waals surface area contributed by atoms with Crippen LogP contribution in [0.1, 0.15) is 29.8 Å². The minimum absolute atomic E-state index is 0.0846. The number of allylic oxidation sites excluding steroid dienone is 1. The second kappa shape index (κ2) is 10.3. The van der Waals surface area contributed by atoms with E-state index < -0.39 is 22.0 Å². The number of nitrogens with one attached hydrogen (secondary N) is 2. The molecule has 1 atom stereocenters. The fraction of sp³-hybridized carbons (Fsp3) is 0.192. The topological polar surface area (TPSA) is 93.7 Å². The van der Waals surface area contributed by atoms with Crippen LogP contribution in [0.25, 0.3) is 6.08 Å². The zero-order valence-corrected chi connectivity index (χ0v) is 20.8. The molecule has 0 amide bonds. The Morgan fingerprint density at radius 1 is 1.06 bits per heavy atom. The molecule has 1 aliphatic rings. The lowest BCUT2D eigenvalue weighted by Gasteiger charge is -2.17. The molecule has 35 heavy (non-hydrogen) atoms. The minimum Gasteiger partial charge on any atom is -0.355 e. The van der Waals surface area contributed by atoms with E-state index in [4.69, 9.17) is 21.1 Å². The second-order valence-corrected chi connectivity index (χ2v) is 10.5. The molecule has 182 valence electrons. The average molecular weight is 513 g/mol. The highest BCUT2D eigenvalue weighted by Crippen LogP contribution is 2.26. The summed E-state index contributed by atoms with van der Waals surface area (Å²) in [6.45, 7) is 3.56. The first kappa shape index (κ1) is 25.1. The van der Waals surface area contributed by atoms with Gasteiger partial charge in [-0.05, 0) is 68.0 Å². The zero-order chi connectivity index (χ0) is 25.1. The number of sulfonamides is 1. The quantitative estimate of drug-likeness (QED) is 0.311. The summed E-state index contributed by atoms with van der Waals surface area (Å²) < 4.78 is 38.7. The van der Waals surface area contributed by atoms with E-state index in [1.165, 1.54) is 18.2 Å². The Hall–Kier alpha value is -3.01. The van der Waals surface area contributed by atoms with Crippen LogP contribution in [0, 0.1) is 0 Å². The van der Waals surface area contributed by atoms with Gasteiger partial charge in [0, 0.05) is 16.3 Å².